The van der Waals surface area contributed by atoms with Gasteiger partial charge in [0.1, 0.15) is 5.75 Å². The number of hydrogen-bond donors (Lipinski definition) is 1. The largest absolute Gasteiger partial charge is 0.494 e. The summed E-state index contributed by atoms with van der Waals surface area (Å²) in [7, 11) is 0. The maximum Gasteiger partial charge on any atom is 0.119 e. The third-order valence-corrected chi connectivity index (χ3v) is 4.10. The van der Waals surface area contributed by atoms with Crippen LogP contribution < -0.4 is 10.1 Å². The molecule has 2 unspecified atom stereocenters. The summed E-state index contributed by atoms with van der Waals surface area (Å²) in [5.74, 6) is 1.81. The molecule has 2 heteroatoms. The van der Waals surface area contributed by atoms with Crippen molar-refractivity contribution >= 4 is 0 Å². The zero-order valence-electron chi connectivity index (χ0n) is 12.1. The van der Waals surface area contributed by atoms with Crippen LogP contribution in [-0.4, -0.2) is 19.2 Å². The van der Waals surface area contributed by atoms with E-state index < -0.39 is 0 Å². The van der Waals surface area contributed by atoms with Crippen LogP contribution in [0.3, 0.4) is 0 Å². The molecule has 0 saturated heterocycles. The molecule has 2 rings (SSSR count). The lowest BCUT2D eigenvalue weighted by Crippen LogP contribution is -2.35. The zero-order valence-corrected chi connectivity index (χ0v) is 12.1. The Morgan fingerprint density at radius 2 is 1.89 bits per heavy atom. The van der Waals surface area contributed by atoms with Gasteiger partial charge in [-0.3, -0.25) is 0 Å². The van der Waals surface area contributed by atoms with Crippen LogP contribution in [0.2, 0.25) is 0 Å². The SMILES string of the molecule is CC1CCCCCC1NCCCOc1ccccc1. The van der Waals surface area contributed by atoms with Crippen molar-refractivity contribution in [3.63, 3.8) is 0 Å². The smallest absolute Gasteiger partial charge is 0.119 e. The Hall–Kier alpha value is -1.02. The van der Waals surface area contributed by atoms with Crippen molar-refractivity contribution in [3.8, 4) is 5.75 Å². The van der Waals surface area contributed by atoms with E-state index in [0.29, 0.717) is 0 Å². The van der Waals surface area contributed by atoms with Crippen LogP contribution in [0.15, 0.2) is 30.3 Å². The van der Waals surface area contributed by atoms with Gasteiger partial charge in [-0.2, -0.15) is 0 Å². The second-order valence-corrected chi connectivity index (χ2v) is 5.69. The van der Waals surface area contributed by atoms with Gasteiger partial charge in [0, 0.05) is 6.04 Å². The number of hydrogen-bond acceptors (Lipinski definition) is 2. The van der Waals surface area contributed by atoms with Gasteiger partial charge < -0.3 is 10.1 Å². The van der Waals surface area contributed by atoms with Crippen molar-refractivity contribution in [1.29, 1.82) is 0 Å². The molecule has 0 aliphatic heterocycles. The molecule has 0 heterocycles. The fourth-order valence-corrected chi connectivity index (χ4v) is 2.86. The normalized spacial score (nSPS) is 23.8. The molecule has 2 nitrogen and oxygen atoms in total. The second kappa shape index (κ2) is 8.21. The van der Waals surface area contributed by atoms with E-state index in [1.807, 2.05) is 30.3 Å². The molecular weight excluding hydrogens is 234 g/mol. The number of benzene rings is 1. The van der Waals surface area contributed by atoms with Crippen LogP contribution in [0.4, 0.5) is 0 Å². The van der Waals surface area contributed by atoms with Gasteiger partial charge in [0.05, 0.1) is 6.61 Å². The molecule has 19 heavy (non-hydrogen) atoms. The molecule has 2 atom stereocenters. The van der Waals surface area contributed by atoms with Crippen molar-refractivity contribution < 1.29 is 4.74 Å². The quantitative estimate of drug-likeness (QED) is 0.617. The van der Waals surface area contributed by atoms with Gasteiger partial charge in [0.2, 0.25) is 0 Å². The highest BCUT2D eigenvalue weighted by molar-refractivity contribution is 5.20. The van der Waals surface area contributed by atoms with Gasteiger partial charge >= 0.3 is 0 Å². The summed E-state index contributed by atoms with van der Waals surface area (Å²) < 4.78 is 5.71. The highest BCUT2D eigenvalue weighted by atomic mass is 16.5. The van der Waals surface area contributed by atoms with Crippen LogP contribution in [0.25, 0.3) is 0 Å². The van der Waals surface area contributed by atoms with Gasteiger partial charge in [0.25, 0.3) is 0 Å². The van der Waals surface area contributed by atoms with E-state index in [1.165, 1.54) is 32.1 Å². The summed E-state index contributed by atoms with van der Waals surface area (Å²) in [6.45, 7) is 4.27. The first-order chi connectivity index (χ1) is 9.36. The van der Waals surface area contributed by atoms with Crippen molar-refractivity contribution in [2.24, 2.45) is 5.92 Å². The molecule has 1 saturated carbocycles. The highest BCUT2D eigenvalue weighted by Crippen LogP contribution is 2.22. The molecule has 1 N–H and O–H groups in total. The predicted molar refractivity (Wildman–Crippen MR) is 80.6 cm³/mol. The fraction of sp³-hybridized carbons (Fsp3) is 0.647. The first-order valence-corrected chi connectivity index (χ1v) is 7.77. The minimum absolute atomic E-state index is 0.722. The molecule has 1 aromatic rings. The van der Waals surface area contributed by atoms with Crippen molar-refractivity contribution in [2.75, 3.05) is 13.2 Å². The molecule has 1 fully saturated rings. The van der Waals surface area contributed by atoms with E-state index in [1.54, 1.807) is 0 Å². The molecule has 106 valence electrons. The topological polar surface area (TPSA) is 21.3 Å². The van der Waals surface area contributed by atoms with Gasteiger partial charge in [-0.25, -0.2) is 0 Å². The molecule has 0 bridgehead atoms. The van der Waals surface area contributed by atoms with Crippen LogP contribution in [-0.2, 0) is 0 Å². The monoisotopic (exact) mass is 261 g/mol. The third-order valence-electron chi connectivity index (χ3n) is 4.10. The highest BCUT2D eigenvalue weighted by Gasteiger charge is 2.18. The van der Waals surface area contributed by atoms with Crippen LogP contribution in [0, 0.1) is 5.92 Å². The predicted octanol–water partition coefficient (Wildman–Crippen LogP) is 4.01. The molecule has 1 aliphatic rings. The molecule has 0 spiro atoms. The number of ether oxygens (including phenoxy) is 1. The number of para-hydroxylation sites is 1. The van der Waals surface area contributed by atoms with Crippen LogP contribution in [0.1, 0.15) is 45.4 Å². The minimum Gasteiger partial charge on any atom is -0.494 e. The Balaban J connectivity index is 1.58. The summed E-state index contributed by atoms with van der Waals surface area (Å²) in [6.07, 6.45) is 8.04. The van der Waals surface area contributed by atoms with Gasteiger partial charge in [-0.1, -0.05) is 44.4 Å². The van der Waals surface area contributed by atoms with Crippen LogP contribution >= 0.6 is 0 Å². The van der Waals surface area contributed by atoms with Crippen LogP contribution in [0.5, 0.6) is 5.75 Å². The lowest BCUT2D eigenvalue weighted by molar-refractivity contribution is 0.293. The Morgan fingerprint density at radius 1 is 1.11 bits per heavy atom. The molecule has 0 radical (unpaired) electrons. The number of nitrogens with one attached hydrogen (secondary N) is 1. The third kappa shape index (κ3) is 5.23. The minimum atomic E-state index is 0.722. The van der Waals surface area contributed by atoms with E-state index in [0.717, 1.165) is 37.3 Å². The molecule has 1 aromatic carbocycles. The molecule has 0 amide bonds. The lowest BCUT2D eigenvalue weighted by atomic mass is 9.97. The summed E-state index contributed by atoms with van der Waals surface area (Å²) in [5, 5.41) is 3.72. The van der Waals surface area contributed by atoms with Gasteiger partial charge in [-0.15, -0.1) is 0 Å². The Morgan fingerprint density at radius 3 is 2.74 bits per heavy atom. The average molecular weight is 261 g/mol. The zero-order chi connectivity index (χ0) is 13.3. The van der Waals surface area contributed by atoms with E-state index in [4.69, 9.17) is 4.74 Å². The maximum atomic E-state index is 5.71. The van der Waals surface area contributed by atoms with E-state index in [2.05, 4.69) is 12.2 Å². The molecule has 0 aromatic heterocycles. The Bertz CT molecular complexity index is 338. The fourth-order valence-electron chi connectivity index (χ4n) is 2.86. The Labute approximate surface area is 117 Å². The summed E-state index contributed by atoms with van der Waals surface area (Å²) >= 11 is 0. The van der Waals surface area contributed by atoms with E-state index in [9.17, 15) is 0 Å². The lowest BCUT2D eigenvalue weighted by Gasteiger charge is -2.22. The summed E-state index contributed by atoms with van der Waals surface area (Å²) in [6, 6.07) is 10.8. The molecule has 1 aliphatic carbocycles. The summed E-state index contributed by atoms with van der Waals surface area (Å²) in [4.78, 5) is 0. The van der Waals surface area contributed by atoms with Gasteiger partial charge in [0.15, 0.2) is 0 Å². The van der Waals surface area contributed by atoms with E-state index >= 15 is 0 Å². The Kier molecular flexibility index (Phi) is 6.22. The second-order valence-electron chi connectivity index (χ2n) is 5.69. The van der Waals surface area contributed by atoms with Crippen molar-refractivity contribution in [2.45, 2.75) is 51.5 Å². The number of rotatable bonds is 6. The summed E-state index contributed by atoms with van der Waals surface area (Å²) in [5.41, 5.74) is 0. The van der Waals surface area contributed by atoms with Gasteiger partial charge in [-0.05, 0) is 43.9 Å². The van der Waals surface area contributed by atoms with Crippen molar-refractivity contribution in [1.82, 2.24) is 5.32 Å². The average Bonchev–Trinajstić information content (AvgIpc) is 2.65. The first kappa shape index (κ1) is 14.4. The van der Waals surface area contributed by atoms with E-state index in [-0.39, 0.29) is 0 Å². The van der Waals surface area contributed by atoms with Crippen molar-refractivity contribution in [3.05, 3.63) is 30.3 Å². The molecular formula is C17H27NO. The first-order valence-electron chi connectivity index (χ1n) is 7.77. The maximum absolute atomic E-state index is 5.71. The standard InChI is InChI=1S/C17H27NO/c1-15-9-4-2-7-12-17(15)18-13-8-14-19-16-10-5-3-6-11-16/h3,5-6,10-11,15,17-18H,2,4,7-9,12-14H2,1H3.